The van der Waals surface area contributed by atoms with Crippen LogP contribution in [0.25, 0.3) is 0 Å². The van der Waals surface area contributed by atoms with Crippen LogP contribution in [0.3, 0.4) is 0 Å². The zero-order valence-corrected chi connectivity index (χ0v) is 9.29. The van der Waals surface area contributed by atoms with E-state index in [2.05, 4.69) is 0 Å². The van der Waals surface area contributed by atoms with E-state index in [1.54, 1.807) is 6.07 Å². The van der Waals surface area contributed by atoms with Gasteiger partial charge in [0, 0.05) is 7.05 Å². The number of amides is 3. The van der Waals surface area contributed by atoms with Gasteiger partial charge in [0.1, 0.15) is 11.7 Å². The highest BCUT2D eigenvalue weighted by Crippen LogP contribution is 2.16. The lowest BCUT2D eigenvalue weighted by Gasteiger charge is -2.17. The summed E-state index contributed by atoms with van der Waals surface area (Å²) in [5.74, 6) is -1.50. The second-order valence-electron chi connectivity index (χ2n) is 3.00. The minimum Gasteiger partial charge on any atom is -0.294 e. The van der Waals surface area contributed by atoms with Crippen molar-refractivity contribution in [3.05, 3.63) is 30.1 Å². The average molecular weight is 245 g/mol. The van der Waals surface area contributed by atoms with Gasteiger partial charge in [-0.2, -0.15) is 0 Å². The summed E-state index contributed by atoms with van der Waals surface area (Å²) in [6, 6.07) is 5.03. The van der Waals surface area contributed by atoms with E-state index < -0.39 is 17.8 Å². The Balaban J connectivity index is 2.78. The first-order valence-corrected chi connectivity index (χ1v) is 4.97. The van der Waals surface area contributed by atoms with Crippen LogP contribution in [0.4, 0.5) is 14.9 Å². The van der Waals surface area contributed by atoms with Gasteiger partial charge in [0.2, 0.25) is 5.91 Å². The Kier molecular flexibility index (Phi) is 4.25. The van der Waals surface area contributed by atoms with Crippen molar-refractivity contribution in [2.45, 2.75) is 0 Å². The number of halogens is 2. The number of anilines is 1. The van der Waals surface area contributed by atoms with Crippen molar-refractivity contribution < 1.29 is 14.0 Å². The Bertz CT molecular complexity index is 412. The number of para-hydroxylation sites is 1. The SMILES string of the molecule is CN(C(=O)NC(=O)CCl)c1ccccc1F. The van der Waals surface area contributed by atoms with Gasteiger partial charge in [-0.05, 0) is 12.1 Å². The average Bonchev–Trinajstić information content (AvgIpc) is 2.28. The number of urea groups is 1. The fraction of sp³-hybridized carbons (Fsp3) is 0.200. The molecule has 0 heterocycles. The number of rotatable bonds is 2. The summed E-state index contributed by atoms with van der Waals surface area (Å²) in [7, 11) is 1.36. The fourth-order valence-corrected chi connectivity index (χ4v) is 1.14. The third-order valence-electron chi connectivity index (χ3n) is 1.89. The number of imide groups is 1. The summed E-state index contributed by atoms with van der Waals surface area (Å²) in [6.45, 7) is 0. The van der Waals surface area contributed by atoms with Crippen molar-refractivity contribution in [3.63, 3.8) is 0 Å². The molecule has 86 valence electrons. The molecule has 0 bridgehead atoms. The highest BCUT2D eigenvalue weighted by atomic mass is 35.5. The van der Waals surface area contributed by atoms with E-state index >= 15 is 0 Å². The molecule has 3 amide bonds. The lowest BCUT2D eigenvalue weighted by Crippen LogP contribution is -2.41. The van der Waals surface area contributed by atoms with E-state index in [-0.39, 0.29) is 11.6 Å². The Morgan fingerprint density at radius 1 is 1.44 bits per heavy atom. The van der Waals surface area contributed by atoms with Gasteiger partial charge in [-0.15, -0.1) is 11.6 Å². The first-order chi connectivity index (χ1) is 7.56. The zero-order valence-electron chi connectivity index (χ0n) is 8.54. The number of carbonyl (C=O) groups is 2. The van der Waals surface area contributed by atoms with Gasteiger partial charge < -0.3 is 0 Å². The number of carbonyl (C=O) groups excluding carboxylic acids is 2. The quantitative estimate of drug-likeness (QED) is 0.806. The van der Waals surface area contributed by atoms with Gasteiger partial charge in [-0.1, -0.05) is 12.1 Å². The van der Waals surface area contributed by atoms with Crippen LogP contribution in [-0.4, -0.2) is 24.9 Å². The van der Waals surface area contributed by atoms with Gasteiger partial charge in [-0.3, -0.25) is 15.0 Å². The minimum atomic E-state index is -0.726. The molecular formula is C10H10ClFN2O2. The summed E-state index contributed by atoms with van der Waals surface area (Å²) < 4.78 is 13.3. The highest BCUT2D eigenvalue weighted by molar-refractivity contribution is 6.28. The van der Waals surface area contributed by atoms with Crippen LogP contribution in [0.5, 0.6) is 0 Å². The van der Waals surface area contributed by atoms with Crippen molar-refractivity contribution in [2.24, 2.45) is 0 Å². The summed E-state index contributed by atoms with van der Waals surface area (Å²) in [4.78, 5) is 23.3. The van der Waals surface area contributed by atoms with Gasteiger partial charge >= 0.3 is 6.03 Å². The minimum absolute atomic E-state index is 0.0855. The maximum atomic E-state index is 13.3. The molecule has 0 unspecified atom stereocenters. The third kappa shape index (κ3) is 2.93. The summed E-state index contributed by atoms with van der Waals surface area (Å²) in [5, 5.41) is 2.00. The molecule has 0 saturated carbocycles. The standard InChI is InChI=1S/C10H10ClFN2O2/c1-14(10(16)13-9(15)6-11)8-5-3-2-4-7(8)12/h2-5H,6H2,1H3,(H,13,15,16). The molecule has 0 aliphatic heterocycles. The van der Waals surface area contributed by atoms with E-state index in [4.69, 9.17) is 11.6 Å². The van der Waals surface area contributed by atoms with Gasteiger partial charge in [0.15, 0.2) is 0 Å². The molecule has 1 rings (SSSR count). The predicted molar refractivity (Wildman–Crippen MR) is 59.1 cm³/mol. The van der Waals surface area contributed by atoms with Gasteiger partial charge in [0.25, 0.3) is 0 Å². The summed E-state index contributed by atoms with van der Waals surface area (Å²) >= 11 is 5.22. The zero-order chi connectivity index (χ0) is 12.1. The molecule has 0 aliphatic rings. The molecule has 0 aliphatic carbocycles. The molecule has 0 atom stereocenters. The molecule has 0 saturated heterocycles. The highest BCUT2D eigenvalue weighted by Gasteiger charge is 2.15. The Hall–Kier alpha value is -1.62. The van der Waals surface area contributed by atoms with Crippen LogP contribution in [-0.2, 0) is 4.79 Å². The molecular weight excluding hydrogens is 235 g/mol. The molecule has 0 spiro atoms. The molecule has 0 aromatic heterocycles. The summed E-state index contributed by atoms with van der Waals surface area (Å²) in [6.07, 6.45) is 0. The molecule has 1 aromatic carbocycles. The van der Waals surface area contributed by atoms with E-state index in [1.165, 1.54) is 25.2 Å². The fourth-order valence-electron chi connectivity index (χ4n) is 1.07. The first-order valence-electron chi connectivity index (χ1n) is 4.44. The Morgan fingerprint density at radius 3 is 2.62 bits per heavy atom. The first kappa shape index (κ1) is 12.4. The number of nitrogens with zero attached hydrogens (tertiary/aromatic N) is 1. The largest absolute Gasteiger partial charge is 0.328 e. The monoisotopic (exact) mass is 244 g/mol. The molecule has 1 aromatic rings. The molecule has 0 radical (unpaired) electrons. The van der Waals surface area contributed by atoms with Crippen molar-refractivity contribution in [2.75, 3.05) is 17.8 Å². The van der Waals surface area contributed by atoms with Crippen LogP contribution in [0.2, 0.25) is 0 Å². The summed E-state index contributed by atoms with van der Waals surface area (Å²) in [5.41, 5.74) is 0.0855. The molecule has 4 nitrogen and oxygen atoms in total. The van der Waals surface area contributed by atoms with Gasteiger partial charge in [0.05, 0.1) is 5.69 Å². The molecule has 1 N–H and O–H groups in total. The lowest BCUT2D eigenvalue weighted by molar-refractivity contribution is -0.117. The van der Waals surface area contributed by atoms with Crippen LogP contribution >= 0.6 is 11.6 Å². The van der Waals surface area contributed by atoms with Crippen molar-refractivity contribution in [1.82, 2.24) is 5.32 Å². The lowest BCUT2D eigenvalue weighted by atomic mass is 10.3. The van der Waals surface area contributed by atoms with Crippen LogP contribution in [0.15, 0.2) is 24.3 Å². The smallest absolute Gasteiger partial charge is 0.294 e. The second-order valence-corrected chi connectivity index (χ2v) is 3.26. The third-order valence-corrected chi connectivity index (χ3v) is 2.13. The van der Waals surface area contributed by atoms with E-state index in [0.717, 1.165) is 4.90 Å². The molecule has 0 fully saturated rings. The van der Waals surface area contributed by atoms with E-state index in [1.807, 2.05) is 5.32 Å². The maximum Gasteiger partial charge on any atom is 0.328 e. The Labute approximate surface area is 97.0 Å². The number of alkyl halides is 1. The number of nitrogens with one attached hydrogen (secondary N) is 1. The van der Waals surface area contributed by atoms with E-state index in [0.29, 0.717) is 0 Å². The van der Waals surface area contributed by atoms with Crippen LogP contribution in [0, 0.1) is 5.82 Å². The second kappa shape index (κ2) is 5.46. The topological polar surface area (TPSA) is 49.4 Å². The van der Waals surface area contributed by atoms with Crippen LogP contribution < -0.4 is 10.2 Å². The van der Waals surface area contributed by atoms with Crippen molar-refractivity contribution in [1.29, 1.82) is 0 Å². The normalized spacial score (nSPS) is 9.69. The van der Waals surface area contributed by atoms with Gasteiger partial charge in [-0.25, -0.2) is 9.18 Å². The van der Waals surface area contributed by atoms with Crippen LogP contribution in [0.1, 0.15) is 0 Å². The van der Waals surface area contributed by atoms with Crippen molar-refractivity contribution >= 4 is 29.2 Å². The van der Waals surface area contributed by atoms with E-state index in [9.17, 15) is 14.0 Å². The Morgan fingerprint density at radius 2 is 2.06 bits per heavy atom. The van der Waals surface area contributed by atoms with Crippen molar-refractivity contribution in [3.8, 4) is 0 Å². The maximum absolute atomic E-state index is 13.3. The number of benzene rings is 1. The number of hydrogen-bond donors (Lipinski definition) is 1. The number of hydrogen-bond acceptors (Lipinski definition) is 2. The molecule has 6 heteroatoms. The predicted octanol–water partition coefficient (Wildman–Crippen LogP) is 1.74. The molecule has 16 heavy (non-hydrogen) atoms.